The molecule has 0 amide bonds. The van der Waals surface area contributed by atoms with E-state index in [1.54, 1.807) is 0 Å². The first-order valence-electron chi connectivity index (χ1n) is 3.47. The quantitative estimate of drug-likeness (QED) is 0.554. The molecule has 0 saturated carbocycles. The lowest BCUT2D eigenvalue weighted by Crippen LogP contribution is -2.12. The zero-order valence-electron chi connectivity index (χ0n) is 7.54. The summed E-state index contributed by atoms with van der Waals surface area (Å²) in [5.41, 5.74) is -0.995. The van der Waals surface area contributed by atoms with E-state index in [1.807, 2.05) is 0 Å². The van der Waals surface area contributed by atoms with Crippen molar-refractivity contribution >= 4 is 28.6 Å². The number of allylic oxidation sites excluding steroid dienone is 3. The molecule has 0 aliphatic heterocycles. The van der Waals surface area contributed by atoms with E-state index in [-0.39, 0.29) is 0 Å². The van der Waals surface area contributed by atoms with Gasteiger partial charge < -0.3 is 0 Å². The highest BCUT2D eigenvalue weighted by Gasteiger charge is 2.34. The van der Waals surface area contributed by atoms with Gasteiger partial charge in [-0.25, -0.2) is 0 Å². The molecule has 0 N–H and O–H groups in total. The second-order valence-electron chi connectivity index (χ2n) is 2.53. The molecule has 0 radical (unpaired) electrons. The Morgan fingerprint density at radius 2 is 1.79 bits per heavy atom. The summed E-state index contributed by atoms with van der Waals surface area (Å²) in [5.74, 6) is 0. The Labute approximate surface area is 89.0 Å². The molecule has 0 fully saturated rings. The van der Waals surface area contributed by atoms with Crippen molar-refractivity contribution in [3.63, 3.8) is 0 Å². The molecule has 80 valence electrons. The van der Waals surface area contributed by atoms with E-state index >= 15 is 0 Å². The van der Waals surface area contributed by atoms with Gasteiger partial charge in [0, 0.05) is 5.57 Å². The van der Waals surface area contributed by atoms with Crippen LogP contribution in [-0.2, 0) is 4.79 Å². The van der Waals surface area contributed by atoms with E-state index in [0.29, 0.717) is 16.7 Å². The number of rotatable bonds is 3. The Kier molecular flexibility index (Phi) is 4.74. The Hall–Kier alpha value is -0.420. The van der Waals surface area contributed by atoms with E-state index in [2.05, 4.69) is 6.58 Å². The van der Waals surface area contributed by atoms with Gasteiger partial charge in [0.2, 0.25) is 0 Å². The molecule has 0 aliphatic rings. The lowest BCUT2D eigenvalue weighted by molar-refractivity contribution is -0.110. The number of carbonyl (C=O) groups excluding carboxylic acids is 1. The first-order valence-corrected chi connectivity index (χ1v) is 4.67. The molecule has 1 nitrogen and oxygen atoms in total. The SMILES string of the molecule is C=C(C)S/C(C(=O)Cl)=C(\C)C(F)(F)F. The van der Waals surface area contributed by atoms with E-state index < -0.39 is 21.9 Å². The van der Waals surface area contributed by atoms with Crippen LogP contribution in [0.2, 0.25) is 0 Å². The van der Waals surface area contributed by atoms with Crippen molar-refractivity contribution in [3.05, 3.63) is 22.0 Å². The summed E-state index contributed by atoms with van der Waals surface area (Å²) in [7, 11) is 0. The van der Waals surface area contributed by atoms with Gasteiger partial charge in [0.25, 0.3) is 5.24 Å². The standard InChI is InChI=1S/C8H8ClF3OS/c1-4(2)14-6(7(9)13)5(3)8(10,11)12/h1H2,2-3H3/b6-5+. The smallest absolute Gasteiger partial charge is 0.275 e. The summed E-state index contributed by atoms with van der Waals surface area (Å²) in [6.45, 7) is 5.70. The molecule has 0 spiro atoms. The average Bonchev–Trinajstić information content (AvgIpc) is 1.96. The minimum Gasteiger partial charge on any atom is -0.275 e. The monoisotopic (exact) mass is 244 g/mol. The van der Waals surface area contributed by atoms with Gasteiger partial charge in [0.05, 0.1) is 4.91 Å². The summed E-state index contributed by atoms with van der Waals surface area (Å²) in [6, 6.07) is 0. The van der Waals surface area contributed by atoms with Gasteiger partial charge in [0.15, 0.2) is 0 Å². The maximum atomic E-state index is 12.2. The maximum absolute atomic E-state index is 12.2. The van der Waals surface area contributed by atoms with Crippen molar-refractivity contribution in [1.82, 2.24) is 0 Å². The topological polar surface area (TPSA) is 17.1 Å². The third-order valence-electron chi connectivity index (χ3n) is 1.22. The van der Waals surface area contributed by atoms with Gasteiger partial charge in [-0.05, 0) is 30.4 Å². The van der Waals surface area contributed by atoms with Gasteiger partial charge in [-0.2, -0.15) is 13.2 Å². The minimum absolute atomic E-state index is 0.373. The lowest BCUT2D eigenvalue weighted by atomic mass is 10.3. The van der Waals surface area contributed by atoms with Crippen LogP contribution in [0, 0.1) is 0 Å². The van der Waals surface area contributed by atoms with Crippen molar-refractivity contribution < 1.29 is 18.0 Å². The largest absolute Gasteiger partial charge is 0.413 e. The number of hydrogen-bond acceptors (Lipinski definition) is 2. The predicted octanol–water partition coefficient (Wildman–Crippen LogP) is 3.85. The van der Waals surface area contributed by atoms with E-state index in [4.69, 9.17) is 11.6 Å². The van der Waals surface area contributed by atoms with Crippen LogP contribution in [0.1, 0.15) is 13.8 Å². The lowest BCUT2D eigenvalue weighted by Gasteiger charge is -2.10. The first-order chi connectivity index (χ1) is 6.16. The molecule has 0 aromatic rings. The molecule has 0 saturated heterocycles. The van der Waals surface area contributed by atoms with Gasteiger partial charge >= 0.3 is 6.18 Å². The first kappa shape index (κ1) is 13.6. The molecule has 0 bridgehead atoms. The molecule has 0 aromatic heterocycles. The highest BCUT2D eigenvalue weighted by atomic mass is 35.5. The predicted molar refractivity (Wildman–Crippen MR) is 52.0 cm³/mol. The van der Waals surface area contributed by atoms with E-state index in [1.165, 1.54) is 6.92 Å². The van der Waals surface area contributed by atoms with Crippen LogP contribution in [0.25, 0.3) is 0 Å². The fourth-order valence-corrected chi connectivity index (χ4v) is 1.52. The van der Waals surface area contributed by atoms with Crippen molar-refractivity contribution in [1.29, 1.82) is 0 Å². The normalized spacial score (nSPS) is 13.6. The second kappa shape index (κ2) is 4.89. The van der Waals surface area contributed by atoms with Gasteiger partial charge in [0.1, 0.15) is 0 Å². The summed E-state index contributed by atoms with van der Waals surface area (Å²) in [6.07, 6.45) is -4.54. The molecular formula is C8H8ClF3OS. The van der Waals surface area contributed by atoms with Crippen LogP contribution >= 0.6 is 23.4 Å². The van der Waals surface area contributed by atoms with Crippen molar-refractivity contribution in [2.45, 2.75) is 20.0 Å². The Morgan fingerprint density at radius 3 is 2.00 bits per heavy atom. The van der Waals surface area contributed by atoms with Crippen LogP contribution < -0.4 is 0 Å². The van der Waals surface area contributed by atoms with Crippen LogP contribution in [0.15, 0.2) is 22.0 Å². The van der Waals surface area contributed by atoms with Gasteiger partial charge in [-0.15, -0.1) is 0 Å². The number of alkyl halides is 3. The minimum atomic E-state index is -4.54. The average molecular weight is 245 g/mol. The highest BCUT2D eigenvalue weighted by Crippen LogP contribution is 2.36. The van der Waals surface area contributed by atoms with Crippen LogP contribution in [-0.4, -0.2) is 11.4 Å². The van der Waals surface area contributed by atoms with E-state index in [0.717, 1.165) is 6.92 Å². The summed E-state index contributed by atoms with van der Waals surface area (Å²) in [5, 5.41) is -1.12. The van der Waals surface area contributed by atoms with E-state index in [9.17, 15) is 18.0 Å². The maximum Gasteiger partial charge on any atom is 0.413 e. The third-order valence-corrected chi connectivity index (χ3v) is 2.57. The van der Waals surface area contributed by atoms with Gasteiger partial charge in [-0.1, -0.05) is 18.3 Å². The fourth-order valence-electron chi connectivity index (χ4n) is 0.567. The zero-order chi connectivity index (χ0) is 11.5. The van der Waals surface area contributed by atoms with Crippen LogP contribution in [0.3, 0.4) is 0 Å². The molecule has 6 heteroatoms. The van der Waals surface area contributed by atoms with Gasteiger partial charge in [-0.3, -0.25) is 4.79 Å². The zero-order valence-corrected chi connectivity index (χ0v) is 9.11. The second-order valence-corrected chi connectivity index (χ2v) is 4.18. The Bertz CT molecular complexity index is 293. The molecule has 0 unspecified atom stereocenters. The molecule has 14 heavy (non-hydrogen) atoms. The number of carbonyl (C=O) groups is 1. The molecule has 0 aliphatic carbocycles. The summed E-state index contributed by atoms with van der Waals surface area (Å²) >= 11 is 5.66. The fraction of sp³-hybridized carbons (Fsp3) is 0.375. The molecule has 0 atom stereocenters. The van der Waals surface area contributed by atoms with Crippen molar-refractivity contribution in [2.75, 3.05) is 0 Å². The van der Waals surface area contributed by atoms with Crippen LogP contribution in [0.4, 0.5) is 13.2 Å². The summed E-state index contributed by atoms with van der Waals surface area (Å²) in [4.78, 5) is 10.6. The molecule has 0 heterocycles. The molecule has 0 rings (SSSR count). The number of halogens is 4. The highest BCUT2D eigenvalue weighted by molar-refractivity contribution is 8.07. The van der Waals surface area contributed by atoms with Crippen LogP contribution in [0.5, 0.6) is 0 Å². The molecular weight excluding hydrogens is 237 g/mol. The molecule has 0 aromatic carbocycles. The Morgan fingerprint density at radius 1 is 1.36 bits per heavy atom. The number of thioether (sulfide) groups is 1. The van der Waals surface area contributed by atoms with Crippen molar-refractivity contribution in [2.24, 2.45) is 0 Å². The third kappa shape index (κ3) is 4.19. The number of hydrogen-bond donors (Lipinski definition) is 0. The Balaban J connectivity index is 5.17. The van der Waals surface area contributed by atoms with Crippen molar-refractivity contribution in [3.8, 4) is 0 Å². The summed E-state index contributed by atoms with van der Waals surface area (Å²) < 4.78 is 36.6.